The van der Waals surface area contributed by atoms with Crippen LogP contribution in [-0.4, -0.2) is 29.8 Å². The highest BCUT2D eigenvalue weighted by molar-refractivity contribution is 9.10. The second kappa shape index (κ2) is 7.56. The number of aromatic nitrogens is 3. The summed E-state index contributed by atoms with van der Waals surface area (Å²) in [5.41, 5.74) is 1.37. The maximum atomic E-state index is 12.9. The lowest BCUT2D eigenvalue weighted by atomic mass is 10.2. The molecule has 7 nitrogen and oxygen atoms in total. The minimum atomic E-state index is -3.80. The lowest BCUT2D eigenvalue weighted by molar-refractivity contribution is 0.331. The molecule has 0 unspecified atom stereocenters. The fourth-order valence-electron chi connectivity index (χ4n) is 3.23. The monoisotopic (exact) mass is 462 g/mol. The molecular formula is C19H19BrN4O3S. The standard InChI is InChI=1S/C19H19BrN4O3S/c1-2-27-16-10-7-14(20)12-17(16)28(25,26)23-15-8-5-13(6-9-15)19-22-21-18-4-3-11-24(18)19/h5-10,12,23H,2-4,11H2,1H3. The number of hydrogen-bond acceptors (Lipinski definition) is 5. The number of aryl methyl sites for hydroxylation is 1. The molecule has 0 radical (unpaired) electrons. The van der Waals surface area contributed by atoms with Crippen LogP contribution in [0.25, 0.3) is 11.4 Å². The van der Waals surface area contributed by atoms with E-state index in [-0.39, 0.29) is 4.90 Å². The molecule has 0 saturated heterocycles. The van der Waals surface area contributed by atoms with Gasteiger partial charge in [-0.1, -0.05) is 15.9 Å². The number of rotatable bonds is 6. The average Bonchev–Trinajstić information content (AvgIpc) is 3.27. The Kier molecular flexibility index (Phi) is 5.11. The SMILES string of the molecule is CCOc1ccc(Br)cc1S(=O)(=O)Nc1ccc(-c2nnc3n2CCC3)cc1. The van der Waals surface area contributed by atoms with Crippen molar-refractivity contribution in [3.05, 3.63) is 52.8 Å². The van der Waals surface area contributed by atoms with E-state index in [1.165, 1.54) is 6.07 Å². The summed E-state index contributed by atoms with van der Waals surface area (Å²) >= 11 is 3.32. The van der Waals surface area contributed by atoms with Crippen LogP contribution in [0.2, 0.25) is 0 Å². The Bertz CT molecular complexity index is 1110. The van der Waals surface area contributed by atoms with Gasteiger partial charge >= 0.3 is 0 Å². The zero-order valence-electron chi connectivity index (χ0n) is 15.2. The van der Waals surface area contributed by atoms with Gasteiger partial charge in [-0.05, 0) is 55.8 Å². The second-order valence-corrected chi connectivity index (χ2v) is 8.97. The molecule has 1 aliphatic rings. The van der Waals surface area contributed by atoms with Gasteiger partial charge in [-0.3, -0.25) is 4.72 Å². The molecule has 0 amide bonds. The fourth-order valence-corrected chi connectivity index (χ4v) is 4.97. The molecular weight excluding hydrogens is 444 g/mol. The molecule has 2 heterocycles. The minimum Gasteiger partial charge on any atom is -0.492 e. The predicted molar refractivity (Wildman–Crippen MR) is 110 cm³/mol. The van der Waals surface area contributed by atoms with Crippen LogP contribution < -0.4 is 9.46 Å². The van der Waals surface area contributed by atoms with E-state index in [1.54, 1.807) is 24.3 Å². The summed E-state index contributed by atoms with van der Waals surface area (Å²) in [5.74, 6) is 2.12. The van der Waals surface area contributed by atoms with Crippen molar-refractivity contribution < 1.29 is 13.2 Å². The zero-order valence-corrected chi connectivity index (χ0v) is 17.6. The molecule has 4 rings (SSSR count). The van der Waals surface area contributed by atoms with Crippen LogP contribution in [0.1, 0.15) is 19.2 Å². The molecule has 0 atom stereocenters. The van der Waals surface area contributed by atoms with E-state index >= 15 is 0 Å². The van der Waals surface area contributed by atoms with Gasteiger partial charge in [0.15, 0.2) is 5.82 Å². The normalized spacial score (nSPS) is 13.4. The molecule has 1 aromatic heterocycles. The molecule has 0 spiro atoms. The topological polar surface area (TPSA) is 86.1 Å². The zero-order chi connectivity index (χ0) is 19.7. The number of benzene rings is 2. The van der Waals surface area contributed by atoms with Gasteiger partial charge in [-0.25, -0.2) is 8.42 Å². The summed E-state index contributed by atoms with van der Waals surface area (Å²) in [4.78, 5) is 0.0862. The fraction of sp³-hybridized carbons (Fsp3) is 0.263. The largest absolute Gasteiger partial charge is 0.492 e. The first-order chi connectivity index (χ1) is 13.5. The molecule has 28 heavy (non-hydrogen) atoms. The Morgan fingerprint density at radius 3 is 2.71 bits per heavy atom. The quantitative estimate of drug-likeness (QED) is 0.600. The molecule has 0 saturated carbocycles. The number of fused-ring (bicyclic) bond motifs is 1. The van der Waals surface area contributed by atoms with E-state index in [9.17, 15) is 8.42 Å². The Morgan fingerprint density at radius 2 is 1.96 bits per heavy atom. The predicted octanol–water partition coefficient (Wildman–Crippen LogP) is 3.85. The molecule has 0 bridgehead atoms. The van der Waals surface area contributed by atoms with Gasteiger partial charge in [0.25, 0.3) is 10.0 Å². The number of nitrogens with one attached hydrogen (secondary N) is 1. The lowest BCUT2D eigenvalue weighted by Gasteiger charge is -2.13. The smallest absolute Gasteiger partial charge is 0.265 e. The van der Waals surface area contributed by atoms with E-state index in [0.29, 0.717) is 22.5 Å². The summed E-state index contributed by atoms with van der Waals surface area (Å²) < 4.78 is 36.6. The number of hydrogen-bond donors (Lipinski definition) is 1. The minimum absolute atomic E-state index is 0.0862. The molecule has 9 heteroatoms. The highest BCUT2D eigenvalue weighted by Crippen LogP contribution is 2.30. The summed E-state index contributed by atoms with van der Waals surface area (Å²) in [6, 6.07) is 12.0. The van der Waals surface area contributed by atoms with Gasteiger partial charge in [-0.2, -0.15) is 0 Å². The van der Waals surface area contributed by atoms with E-state index < -0.39 is 10.0 Å². The van der Waals surface area contributed by atoms with Gasteiger partial charge < -0.3 is 9.30 Å². The first-order valence-electron chi connectivity index (χ1n) is 8.95. The molecule has 0 fully saturated rings. The highest BCUT2D eigenvalue weighted by atomic mass is 79.9. The van der Waals surface area contributed by atoms with E-state index in [1.807, 2.05) is 19.1 Å². The van der Waals surface area contributed by atoms with Crippen molar-refractivity contribution in [2.24, 2.45) is 0 Å². The van der Waals surface area contributed by atoms with E-state index in [4.69, 9.17) is 4.74 Å². The molecule has 2 aromatic carbocycles. The number of nitrogens with zero attached hydrogens (tertiary/aromatic N) is 3. The third kappa shape index (κ3) is 3.64. The van der Waals surface area contributed by atoms with Crippen LogP contribution in [0.5, 0.6) is 5.75 Å². The van der Waals surface area contributed by atoms with Crippen molar-refractivity contribution in [1.29, 1.82) is 0 Å². The molecule has 1 aliphatic heterocycles. The van der Waals surface area contributed by atoms with Crippen molar-refractivity contribution in [3.8, 4) is 17.1 Å². The van der Waals surface area contributed by atoms with Gasteiger partial charge in [0, 0.05) is 28.7 Å². The Labute approximate surface area is 171 Å². The Morgan fingerprint density at radius 1 is 1.18 bits per heavy atom. The summed E-state index contributed by atoms with van der Waals surface area (Å²) in [6.45, 7) is 3.10. The maximum Gasteiger partial charge on any atom is 0.265 e. The summed E-state index contributed by atoms with van der Waals surface area (Å²) in [5, 5.41) is 8.47. The van der Waals surface area contributed by atoms with Crippen LogP contribution in [-0.2, 0) is 23.0 Å². The Hall–Kier alpha value is -2.39. The number of sulfonamides is 1. The van der Waals surface area contributed by atoms with Crippen molar-refractivity contribution in [2.45, 2.75) is 31.2 Å². The molecule has 146 valence electrons. The number of anilines is 1. The van der Waals surface area contributed by atoms with Crippen molar-refractivity contribution >= 4 is 31.6 Å². The molecule has 1 N–H and O–H groups in total. The van der Waals surface area contributed by atoms with Crippen molar-refractivity contribution in [2.75, 3.05) is 11.3 Å². The maximum absolute atomic E-state index is 12.9. The van der Waals surface area contributed by atoms with Crippen LogP contribution >= 0.6 is 15.9 Å². The second-order valence-electron chi connectivity index (χ2n) is 6.40. The van der Waals surface area contributed by atoms with Crippen molar-refractivity contribution in [3.63, 3.8) is 0 Å². The lowest BCUT2D eigenvalue weighted by Crippen LogP contribution is -2.14. The number of ether oxygens (including phenoxy) is 1. The molecule has 0 aliphatic carbocycles. The van der Waals surface area contributed by atoms with Gasteiger partial charge in [0.1, 0.15) is 16.5 Å². The van der Waals surface area contributed by atoms with Crippen LogP contribution in [0.3, 0.4) is 0 Å². The van der Waals surface area contributed by atoms with Crippen LogP contribution in [0.4, 0.5) is 5.69 Å². The first-order valence-corrected chi connectivity index (χ1v) is 11.2. The van der Waals surface area contributed by atoms with E-state index in [2.05, 4.69) is 35.4 Å². The van der Waals surface area contributed by atoms with Gasteiger partial charge in [0.05, 0.1) is 6.61 Å². The average molecular weight is 463 g/mol. The first kappa shape index (κ1) is 18.9. The summed E-state index contributed by atoms with van der Waals surface area (Å²) in [7, 11) is -3.80. The molecule has 3 aromatic rings. The number of halogens is 1. The summed E-state index contributed by atoms with van der Waals surface area (Å²) in [6.07, 6.45) is 2.02. The Balaban J connectivity index is 1.60. The van der Waals surface area contributed by atoms with Crippen LogP contribution in [0, 0.1) is 0 Å². The van der Waals surface area contributed by atoms with Gasteiger partial charge in [-0.15, -0.1) is 10.2 Å². The highest BCUT2D eigenvalue weighted by Gasteiger charge is 2.21. The van der Waals surface area contributed by atoms with Crippen LogP contribution in [0.15, 0.2) is 51.8 Å². The van der Waals surface area contributed by atoms with Gasteiger partial charge in [0.2, 0.25) is 0 Å². The third-order valence-corrected chi connectivity index (χ3v) is 6.40. The van der Waals surface area contributed by atoms with Crippen molar-refractivity contribution in [1.82, 2.24) is 14.8 Å². The van der Waals surface area contributed by atoms with E-state index in [0.717, 1.165) is 36.6 Å². The third-order valence-electron chi connectivity index (χ3n) is 4.50.